The minimum atomic E-state index is -0.505. The monoisotopic (exact) mass is 258 g/mol. The van der Waals surface area contributed by atoms with E-state index in [4.69, 9.17) is 5.73 Å². The van der Waals surface area contributed by atoms with Crippen LogP contribution in [0.5, 0.6) is 0 Å². The fraction of sp³-hybridized carbons (Fsp3) is 0.154. The quantitative estimate of drug-likeness (QED) is 0.742. The number of anilines is 1. The topological polar surface area (TPSA) is 101 Å². The number of hydrogen-bond acceptors (Lipinski definition) is 5. The minimum absolute atomic E-state index is 0.0527. The van der Waals surface area contributed by atoms with Crippen LogP contribution in [0.2, 0.25) is 0 Å². The number of rotatable bonds is 4. The van der Waals surface area contributed by atoms with Gasteiger partial charge in [-0.15, -0.1) is 0 Å². The molecule has 0 aliphatic carbocycles. The minimum Gasteiger partial charge on any atom is -0.394 e. The van der Waals surface area contributed by atoms with Gasteiger partial charge in [-0.05, 0) is 5.56 Å². The number of aliphatic hydroxyl groups excluding tert-OH is 1. The first-order valence-electron chi connectivity index (χ1n) is 5.75. The highest BCUT2D eigenvalue weighted by Crippen LogP contribution is 2.13. The van der Waals surface area contributed by atoms with Crippen LogP contribution in [0.15, 0.2) is 42.7 Å². The number of aromatic nitrogens is 2. The molecule has 0 bridgehead atoms. The van der Waals surface area contributed by atoms with Crippen molar-refractivity contribution in [3.63, 3.8) is 0 Å². The molecule has 4 N–H and O–H groups in total. The van der Waals surface area contributed by atoms with Gasteiger partial charge < -0.3 is 16.2 Å². The largest absolute Gasteiger partial charge is 0.394 e. The summed E-state index contributed by atoms with van der Waals surface area (Å²) in [5.41, 5.74) is 6.44. The van der Waals surface area contributed by atoms with Crippen LogP contribution >= 0.6 is 0 Å². The van der Waals surface area contributed by atoms with Gasteiger partial charge in [-0.1, -0.05) is 30.3 Å². The third kappa shape index (κ3) is 3.05. The molecule has 0 fully saturated rings. The van der Waals surface area contributed by atoms with E-state index in [9.17, 15) is 9.90 Å². The maximum Gasteiger partial charge on any atom is 0.274 e. The summed E-state index contributed by atoms with van der Waals surface area (Å²) in [7, 11) is 0. The lowest BCUT2D eigenvalue weighted by molar-refractivity contribution is 0.0912. The molecule has 1 aromatic carbocycles. The summed E-state index contributed by atoms with van der Waals surface area (Å²) in [6.45, 7) is -0.212. The standard InChI is InChI=1S/C13H14N4O2/c14-12-11(15-6-7-16-12)13(19)17-10(8-18)9-4-2-1-3-5-9/h1-7,10,18H,8H2,(H2,14,16)(H,17,19). The molecule has 1 aromatic heterocycles. The summed E-state index contributed by atoms with van der Waals surface area (Å²) in [6, 6.07) is 8.67. The van der Waals surface area contributed by atoms with Gasteiger partial charge in [0.1, 0.15) is 0 Å². The van der Waals surface area contributed by atoms with Crippen molar-refractivity contribution in [1.29, 1.82) is 0 Å². The second-order valence-corrected chi connectivity index (χ2v) is 3.91. The molecule has 1 unspecified atom stereocenters. The van der Waals surface area contributed by atoms with Crippen molar-refractivity contribution in [3.8, 4) is 0 Å². The highest BCUT2D eigenvalue weighted by atomic mass is 16.3. The van der Waals surface area contributed by atoms with E-state index in [2.05, 4.69) is 15.3 Å². The smallest absolute Gasteiger partial charge is 0.274 e. The summed E-state index contributed by atoms with van der Waals surface area (Å²) in [5, 5.41) is 12.0. The van der Waals surface area contributed by atoms with Gasteiger partial charge in [0.25, 0.3) is 5.91 Å². The molecule has 1 amide bonds. The molecule has 1 heterocycles. The third-order valence-corrected chi connectivity index (χ3v) is 2.63. The maximum absolute atomic E-state index is 12.0. The average molecular weight is 258 g/mol. The number of aliphatic hydroxyl groups is 1. The molecular formula is C13H14N4O2. The van der Waals surface area contributed by atoms with E-state index in [1.165, 1.54) is 12.4 Å². The molecule has 0 radical (unpaired) electrons. The van der Waals surface area contributed by atoms with E-state index in [-0.39, 0.29) is 18.1 Å². The van der Waals surface area contributed by atoms with Gasteiger partial charge in [-0.25, -0.2) is 9.97 Å². The first kappa shape index (κ1) is 13.0. The van der Waals surface area contributed by atoms with Crippen LogP contribution in [-0.4, -0.2) is 27.6 Å². The van der Waals surface area contributed by atoms with Gasteiger partial charge in [0.15, 0.2) is 11.5 Å². The summed E-state index contributed by atoms with van der Waals surface area (Å²) in [4.78, 5) is 19.7. The van der Waals surface area contributed by atoms with E-state index in [0.717, 1.165) is 5.56 Å². The van der Waals surface area contributed by atoms with Crippen molar-refractivity contribution >= 4 is 11.7 Å². The predicted octanol–water partition coefficient (Wildman–Crippen LogP) is 0.522. The lowest BCUT2D eigenvalue weighted by Gasteiger charge is -2.16. The molecular weight excluding hydrogens is 244 g/mol. The fourth-order valence-electron chi connectivity index (χ4n) is 1.67. The van der Waals surface area contributed by atoms with E-state index in [1.807, 2.05) is 30.3 Å². The predicted molar refractivity (Wildman–Crippen MR) is 70.2 cm³/mol. The zero-order chi connectivity index (χ0) is 13.7. The molecule has 2 aromatic rings. The Morgan fingerprint density at radius 3 is 2.58 bits per heavy atom. The zero-order valence-electron chi connectivity index (χ0n) is 10.2. The van der Waals surface area contributed by atoms with E-state index >= 15 is 0 Å². The van der Waals surface area contributed by atoms with Crippen LogP contribution in [0.4, 0.5) is 5.82 Å². The number of nitrogens with two attached hydrogens (primary N) is 1. The lowest BCUT2D eigenvalue weighted by atomic mass is 10.1. The molecule has 0 saturated carbocycles. The molecule has 19 heavy (non-hydrogen) atoms. The Balaban J connectivity index is 2.16. The van der Waals surface area contributed by atoms with Crippen molar-refractivity contribution in [2.45, 2.75) is 6.04 Å². The molecule has 0 aliphatic heterocycles. The summed E-state index contributed by atoms with van der Waals surface area (Å²) >= 11 is 0. The second kappa shape index (κ2) is 5.92. The SMILES string of the molecule is Nc1nccnc1C(=O)NC(CO)c1ccccc1. The van der Waals surface area contributed by atoms with Gasteiger partial charge in [0, 0.05) is 12.4 Å². The Labute approximate surface area is 110 Å². The number of carbonyl (C=O) groups is 1. The van der Waals surface area contributed by atoms with Gasteiger partial charge >= 0.3 is 0 Å². The van der Waals surface area contributed by atoms with Crippen molar-refractivity contribution in [2.24, 2.45) is 0 Å². The Kier molecular flexibility index (Phi) is 4.04. The maximum atomic E-state index is 12.0. The summed E-state index contributed by atoms with van der Waals surface area (Å²) in [6.07, 6.45) is 2.80. The van der Waals surface area contributed by atoms with Crippen LogP contribution in [0.3, 0.4) is 0 Å². The highest BCUT2D eigenvalue weighted by Gasteiger charge is 2.17. The molecule has 1 atom stereocenters. The Hall–Kier alpha value is -2.47. The Morgan fingerprint density at radius 2 is 1.95 bits per heavy atom. The molecule has 6 heteroatoms. The number of nitrogens with zero attached hydrogens (tertiary/aromatic N) is 2. The number of nitrogen functional groups attached to an aromatic ring is 1. The number of nitrogens with one attached hydrogen (secondary N) is 1. The molecule has 0 spiro atoms. The molecule has 2 rings (SSSR count). The van der Waals surface area contributed by atoms with Gasteiger partial charge in [0.05, 0.1) is 12.6 Å². The second-order valence-electron chi connectivity index (χ2n) is 3.91. The van der Waals surface area contributed by atoms with Crippen LogP contribution < -0.4 is 11.1 Å². The molecule has 0 aliphatic rings. The summed E-state index contributed by atoms with van der Waals surface area (Å²) in [5.74, 6) is -0.404. The van der Waals surface area contributed by atoms with E-state index < -0.39 is 11.9 Å². The van der Waals surface area contributed by atoms with Crippen molar-refractivity contribution in [3.05, 3.63) is 54.0 Å². The Bertz CT molecular complexity index is 560. The zero-order valence-corrected chi connectivity index (χ0v) is 10.2. The number of amides is 1. The number of benzene rings is 1. The van der Waals surface area contributed by atoms with Crippen LogP contribution in [-0.2, 0) is 0 Å². The van der Waals surface area contributed by atoms with E-state index in [0.29, 0.717) is 0 Å². The van der Waals surface area contributed by atoms with Gasteiger partial charge in [-0.3, -0.25) is 4.79 Å². The number of hydrogen-bond donors (Lipinski definition) is 3. The Morgan fingerprint density at radius 1 is 1.26 bits per heavy atom. The first-order chi connectivity index (χ1) is 9.22. The first-order valence-corrected chi connectivity index (χ1v) is 5.75. The molecule has 6 nitrogen and oxygen atoms in total. The van der Waals surface area contributed by atoms with Crippen LogP contribution in [0, 0.1) is 0 Å². The van der Waals surface area contributed by atoms with Crippen molar-refractivity contribution in [1.82, 2.24) is 15.3 Å². The van der Waals surface area contributed by atoms with Crippen molar-refractivity contribution < 1.29 is 9.90 Å². The summed E-state index contributed by atoms with van der Waals surface area (Å²) < 4.78 is 0. The number of carbonyl (C=O) groups excluding carboxylic acids is 1. The van der Waals surface area contributed by atoms with Gasteiger partial charge in [-0.2, -0.15) is 0 Å². The van der Waals surface area contributed by atoms with E-state index in [1.54, 1.807) is 0 Å². The highest BCUT2D eigenvalue weighted by molar-refractivity contribution is 5.96. The van der Waals surface area contributed by atoms with Gasteiger partial charge in [0.2, 0.25) is 0 Å². The third-order valence-electron chi connectivity index (χ3n) is 2.63. The average Bonchev–Trinajstić information content (AvgIpc) is 2.46. The molecule has 0 saturated heterocycles. The molecule has 98 valence electrons. The fourth-order valence-corrected chi connectivity index (χ4v) is 1.67. The normalized spacial score (nSPS) is 11.8. The van der Waals surface area contributed by atoms with Crippen molar-refractivity contribution in [2.75, 3.05) is 12.3 Å². The van der Waals surface area contributed by atoms with Crippen LogP contribution in [0.25, 0.3) is 0 Å². The van der Waals surface area contributed by atoms with Crippen LogP contribution in [0.1, 0.15) is 22.1 Å². The lowest BCUT2D eigenvalue weighted by Crippen LogP contribution is -2.32.